The van der Waals surface area contributed by atoms with Gasteiger partial charge < -0.3 is 10.1 Å². The minimum atomic E-state index is -0.385. The third-order valence-electron chi connectivity index (χ3n) is 3.36. The van der Waals surface area contributed by atoms with Crippen LogP contribution in [0.1, 0.15) is 35.3 Å². The van der Waals surface area contributed by atoms with Crippen molar-refractivity contribution in [2.75, 3.05) is 5.32 Å². The van der Waals surface area contributed by atoms with Crippen molar-refractivity contribution in [1.82, 2.24) is 0 Å². The average Bonchev–Trinajstić information content (AvgIpc) is 2.49. The molecule has 4 heteroatoms. The molecule has 0 fully saturated rings. The lowest BCUT2D eigenvalue weighted by molar-refractivity contribution is -0.131. The summed E-state index contributed by atoms with van der Waals surface area (Å²) in [5, 5.41) is 2.96. The lowest BCUT2D eigenvalue weighted by atomic mass is 10.1. The molecule has 22 heavy (non-hydrogen) atoms. The second-order valence-electron chi connectivity index (χ2n) is 5.03. The summed E-state index contributed by atoms with van der Waals surface area (Å²) in [6.45, 7) is 5.36. The number of anilines is 1. The number of nitrogens with one attached hydrogen (secondary N) is 1. The number of amides is 1. The van der Waals surface area contributed by atoms with Gasteiger partial charge in [-0.15, -0.1) is 0 Å². The minimum absolute atomic E-state index is 0.182. The second-order valence-corrected chi connectivity index (χ2v) is 5.03. The van der Waals surface area contributed by atoms with Gasteiger partial charge in [-0.2, -0.15) is 0 Å². The summed E-state index contributed by atoms with van der Waals surface area (Å²) in [4.78, 5) is 23.2. The predicted molar refractivity (Wildman–Crippen MR) is 86.3 cm³/mol. The zero-order valence-corrected chi connectivity index (χ0v) is 13.0. The normalized spacial score (nSPS) is 10.1. The Labute approximate surface area is 130 Å². The number of hydrogen-bond acceptors (Lipinski definition) is 3. The Balaban J connectivity index is 2.17. The van der Waals surface area contributed by atoms with Crippen LogP contribution in [-0.2, 0) is 11.2 Å². The number of carbonyl (C=O) groups is 2. The number of carbonyl (C=O) groups excluding carboxylic acids is 2. The quantitative estimate of drug-likeness (QED) is 0.691. The van der Waals surface area contributed by atoms with Crippen molar-refractivity contribution in [3.63, 3.8) is 0 Å². The zero-order chi connectivity index (χ0) is 16.1. The van der Waals surface area contributed by atoms with Crippen LogP contribution < -0.4 is 10.1 Å². The summed E-state index contributed by atoms with van der Waals surface area (Å²) >= 11 is 0. The van der Waals surface area contributed by atoms with Crippen LogP contribution in [-0.4, -0.2) is 11.9 Å². The maximum absolute atomic E-state index is 12.3. The van der Waals surface area contributed by atoms with Crippen molar-refractivity contribution in [3.8, 4) is 5.75 Å². The molecule has 0 saturated carbocycles. The van der Waals surface area contributed by atoms with Gasteiger partial charge in [-0.3, -0.25) is 9.59 Å². The molecular weight excluding hydrogens is 278 g/mol. The van der Waals surface area contributed by atoms with Gasteiger partial charge in [-0.25, -0.2) is 0 Å². The van der Waals surface area contributed by atoms with Gasteiger partial charge in [0.15, 0.2) is 0 Å². The summed E-state index contributed by atoms with van der Waals surface area (Å²) in [5.41, 5.74) is 3.51. The van der Waals surface area contributed by atoms with E-state index in [0.29, 0.717) is 11.3 Å². The molecule has 1 amide bonds. The molecule has 0 aliphatic carbocycles. The van der Waals surface area contributed by atoms with Gasteiger partial charge >= 0.3 is 5.97 Å². The van der Waals surface area contributed by atoms with E-state index in [0.717, 1.165) is 23.2 Å². The van der Waals surface area contributed by atoms with E-state index in [2.05, 4.69) is 12.2 Å². The number of aryl methyl sites for hydroxylation is 2. The van der Waals surface area contributed by atoms with Gasteiger partial charge in [0.05, 0.1) is 0 Å². The molecule has 0 saturated heterocycles. The van der Waals surface area contributed by atoms with Crippen LogP contribution in [0, 0.1) is 6.92 Å². The molecule has 1 N–H and O–H groups in total. The van der Waals surface area contributed by atoms with E-state index >= 15 is 0 Å². The van der Waals surface area contributed by atoms with Crippen molar-refractivity contribution in [2.45, 2.75) is 27.2 Å². The van der Waals surface area contributed by atoms with E-state index in [9.17, 15) is 9.59 Å². The Bertz CT molecular complexity index is 690. The number of esters is 1. The molecule has 0 aliphatic rings. The van der Waals surface area contributed by atoms with Crippen LogP contribution in [0.4, 0.5) is 5.69 Å². The number of hydrogen-bond donors (Lipinski definition) is 1. The van der Waals surface area contributed by atoms with Crippen LogP contribution in [0.2, 0.25) is 0 Å². The van der Waals surface area contributed by atoms with Gasteiger partial charge in [-0.05, 0) is 48.7 Å². The molecule has 0 unspecified atom stereocenters. The summed E-state index contributed by atoms with van der Waals surface area (Å²) in [6, 6.07) is 12.4. The maximum Gasteiger partial charge on any atom is 0.308 e. The Morgan fingerprint density at radius 1 is 1.09 bits per heavy atom. The van der Waals surface area contributed by atoms with E-state index < -0.39 is 0 Å². The van der Waals surface area contributed by atoms with E-state index in [1.165, 1.54) is 6.92 Å². The molecule has 2 aromatic carbocycles. The fraction of sp³-hybridized carbons (Fsp3) is 0.222. The second kappa shape index (κ2) is 6.89. The molecule has 0 spiro atoms. The molecule has 0 aromatic heterocycles. The van der Waals surface area contributed by atoms with Crippen LogP contribution >= 0.6 is 0 Å². The van der Waals surface area contributed by atoms with Gasteiger partial charge in [0.25, 0.3) is 5.91 Å². The van der Waals surface area contributed by atoms with Gasteiger partial charge in [0.1, 0.15) is 5.75 Å². The molecule has 0 radical (unpaired) electrons. The number of benzene rings is 2. The van der Waals surface area contributed by atoms with E-state index in [-0.39, 0.29) is 11.9 Å². The topological polar surface area (TPSA) is 55.4 Å². The molecule has 0 aliphatic heterocycles. The Morgan fingerprint density at radius 2 is 1.77 bits per heavy atom. The van der Waals surface area contributed by atoms with E-state index in [1.54, 1.807) is 24.3 Å². The first-order valence-electron chi connectivity index (χ1n) is 7.19. The molecule has 4 nitrogen and oxygen atoms in total. The largest absolute Gasteiger partial charge is 0.427 e. The summed E-state index contributed by atoms with van der Waals surface area (Å²) < 4.78 is 4.95. The molecule has 2 rings (SSSR count). The number of ether oxygens (including phenoxy) is 1. The van der Waals surface area contributed by atoms with Crippen LogP contribution in [0.25, 0.3) is 0 Å². The lowest BCUT2D eigenvalue weighted by Gasteiger charge is -2.13. The maximum atomic E-state index is 12.3. The van der Waals surface area contributed by atoms with E-state index in [1.807, 2.05) is 25.1 Å². The van der Waals surface area contributed by atoms with Gasteiger partial charge in [0, 0.05) is 18.2 Å². The number of para-hydroxylation sites is 1. The molecule has 0 heterocycles. The first-order valence-corrected chi connectivity index (χ1v) is 7.19. The van der Waals surface area contributed by atoms with Crippen LogP contribution in [0.3, 0.4) is 0 Å². The highest BCUT2D eigenvalue weighted by atomic mass is 16.5. The highest BCUT2D eigenvalue weighted by Gasteiger charge is 2.11. The lowest BCUT2D eigenvalue weighted by Crippen LogP contribution is -2.14. The minimum Gasteiger partial charge on any atom is -0.427 e. The zero-order valence-electron chi connectivity index (χ0n) is 13.0. The third kappa shape index (κ3) is 3.73. The SMILES string of the molecule is CCc1cccc(C)c1NC(=O)c1ccc(OC(C)=O)cc1. The predicted octanol–water partition coefficient (Wildman–Crippen LogP) is 3.74. The van der Waals surface area contributed by atoms with Crippen molar-refractivity contribution in [3.05, 3.63) is 59.2 Å². The summed E-state index contributed by atoms with van der Waals surface area (Å²) in [7, 11) is 0. The van der Waals surface area contributed by atoms with E-state index in [4.69, 9.17) is 4.74 Å². The number of rotatable bonds is 4. The summed E-state index contributed by atoms with van der Waals surface area (Å²) in [6.07, 6.45) is 0.850. The summed E-state index contributed by atoms with van der Waals surface area (Å²) in [5.74, 6) is -0.141. The highest BCUT2D eigenvalue weighted by molar-refractivity contribution is 6.05. The Kier molecular flexibility index (Phi) is 4.94. The molecular formula is C18H19NO3. The van der Waals surface area contributed by atoms with Gasteiger partial charge in [0.2, 0.25) is 0 Å². The smallest absolute Gasteiger partial charge is 0.308 e. The molecule has 0 atom stereocenters. The Morgan fingerprint density at radius 3 is 2.36 bits per heavy atom. The fourth-order valence-corrected chi connectivity index (χ4v) is 2.23. The van der Waals surface area contributed by atoms with Crippen LogP contribution in [0.15, 0.2) is 42.5 Å². The van der Waals surface area contributed by atoms with Crippen LogP contribution in [0.5, 0.6) is 5.75 Å². The standard InChI is InChI=1S/C18H19NO3/c1-4-14-7-5-6-12(2)17(14)19-18(21)15-8-10-16(11-9-15)22-13(3)20/h5-11H,4H2,1-3H3,(H,19,21). The fourth-order valence-electron chi connectivity index (χ4n) is 2.23. The highest BCUT2D eigenvalue weighted by Crippen LogP contribution is 2.22. The molecule has 0 bridgehead atoms. The van der Waals surface area contributed by atoms with Crippen molar-refractivity contribution in [2.24, 2.45) is 0 Å². The van der Waals surface area contributed by atoms with Crippen molar-refractivity contribution < 1.29 is 14.3 Å². The third-order valence-corrected chi connectivity index (χ3v) is 3.36. The van der Waals surface area contributed by atoms with Crippen molar-refractivity contribution in [1.29, 1.82) is 0 Å². The first kappa shape index (κ1) is 15.8. The van der Waals surface area contributed by atoms with Gasteiger partial charge in [-0.1, -0.05) is 25.1 Å². The Hall–Kier alpha value is -2.62. The average molecular weight is 297 g/mol. The monoisotopic (exact) mass is 297 g/mol. The van der Waals surface area contributed by atoms with Crippen molar-refractivity contribution >= 4 is 17.6 Å². The first-order chi connectivity index (χ1) is 10.5. The molecule has 2 aromatic rings. The molecule has 114 valence electrons.